The zero-order valence-electron chi connectivity index (χ0n) is 13.1. The Morgan fingerprint density at radius 2 is 1.76 bits per heavy atom. The van der Waals surface area contributed by atoms with Gasteiger partial charge in [-0.3, -0.25) is 0 Å². The van der Waals surface area contributed by atoms with Gasteiger partial charge in [0.1, 0.15) is 6.33 Å². The van der Waals surface area contributed by atoms with E-state index in [1.807, 2.05) is 11.6 Å². The Balaban J connectivity index is 1.74. The van der Waals surface area contributed by atoms with Gasteiger partial charge in [0.25, 0.3) is 0 Å². The van der Waals surface area contributed by atoms with Crippen molar-refractivity contribution in [1.82, 2.24) is 14.8 Å². The number of hydrogen-bond acceptors (Lipinski definition) is 3. The summed E-state index contributed by atoms with van der Waals surface area (Å²) in [7, 11) is 1.97. The predicted octanol–water partition coefficient (Wildman–Crippen LogP) is 3.72. The average Bonchev–Trinajstić information content (AvgIpc) is 2.90. The molecule has 1 aliphatic carbocycles. The molecule has 0 radical (unpaired) electrons. The van der Waals surface area contributed by atoms with Crippen molar-refractivity contribution in [2.75, 3.05) is 5.32 Å². The van der Waals surface area contributed by atoms with Crippen LogP contribution >= 0.6 is 0 Å². The molecule has 0 amide bonds. The molecule has 0 aliphatic heterocycles. The van der Waals surface area contributed by atoms with Crippen molar-refractivity contribution in [3.63, 3.8) is 0 Å². The molecule has 1 aromatic carbocycles. The second kappa shape index (κ2) is 5.88. The van der Waals surface area contributed by atoms with E-state index in [1.54, 1.807) is 6.33 Å². The smallest absolute Gasteiger partial charge is 0.163 e. The Morgan fingerprint density at radius 1 is 1.10 bits per heavy atom. The summed E-state index contributed by atoms with van der Waals surface area (Å²) in [6.45, 7) is 4.72. The first kappa shape index (κ1) is 14.1. The highest BCUT2D eigenvalue weighted by molar-refractivity contribution is 5.60. The van der Waals surface area contributed by atoms with Crippen molar-refractivity contribution in [2.24, 2.45) is 18.9 Å². The summed E-state index contributed by atoms with van der Waals surface area (Å²) in [6.07, 6.45) is 5.76. The zero-order chi connectivity index (χ0) is 14.8. The lowest BCUT2D eigenvalue weighted by atomic mass is 9.78. The lowest BCUT2D eigenvalue weighted by Crippen LogP contribution is -2.36. The third-order valence-electron chi connectivity index (χ3n) is 4.73. The summed E-state index contributed by atoms with van der Waals surface area (Å²) in [5.41, 5.74) is 2.30. The molecule has 2 aromatic rings. The Bertz CT molecular complexity index is 577. The Hall–Kier alpha value is -1.84. The Labute approximate surface area is 126 Å². The topological polar surface area (TPSA) is 42.7 Å². The van der Waals surface area contributed by atoms with E-state index in [9.17, 15) is 0 Å². The molecule has 2 unspecified atom stereocenters. The van der Waals surface area contributed by atoms with Crippen LogP contribution in [0.5, 0.6) is 0 Å². The second-order valence-electron chi connectivity index (χ2n) is 6.40. The molecule has 1 aromatic heterocycles. The predicted molar refractivity (Wildman–Crippen MR) is 86.0 cm³/mol. The highest BCUT2D eigenvalue weighted by Gasteiger charge is 2.27. The van der Waals surface area contributed by atoms with Gasteiger partial charge < -0.3 is 9.88 Å². The highest BCUT2D eigenvalue weighted by atomic mass is 15.2. The maximum absolute atomic E-state index is 4.15. The average molecular weight is 284 g/mol. The van der Waals surface area contributed by atoms with Crippen molar-refractivity contribution in [3.05, 3.63) is 30.6 Å². The van der Waals surface area contributed by atoms with E-state index < -0.39 is 0 Å². The van der Waals surface area contributed by atoms with Crippen LogP contribution in [0.2, 0.25) is 0 Å². The van der Waals surface area contributed by atoms with Gasteiger partial charge in [0.05, 0.1) is 0 Å². The molecule has 0 spiro atoms. The lowest BCUT2D eigenvalue weighted by Gasteiger charge is -2.35. The fraction of sp³-hybridized carbons (Fsp3) is 0.529. The minimum atomic E-state index is 0.583. The largest absolute Gasteiger partial charge is 0.382 e. The molecule has 0 bridgehead atoms. The number of nitrogens with zero attached hydrogens (tertiary/aromatic N) is 3. The molecule has 21 heavy (non-hydrogen) atoms. The molecule has 1 fully saturated rings. The normalized spacial score (nSPS) is 25.8. The number of benzene rings is 1. The van der Waals surface area contributed by atoms with Crippen LogP contribution in [-0.2, 0) is 7.05 Å². The van der Waals surface area contributed by atoms with Crippen molar-refractivity contribution in [2.45, 2.75) is 39.2 Å². The van der Waals surface area contributed by atoms with Crippen LogP contribution in [0.15, 0.2) is 30.6 Å². The van der Waals surface area contributed by atoms with Crippen LogP contribution in [0, 0.1) is 11.8 Å². The molecule has 112 valence electrons. The first-order chi connectivity index (χ1) is 10.1. The summed E-state index contributed by atoms with van der Waals surface area (Å²) in [5.74, 6) is 2.39. The van der Waals surface area contributed by atoms with Gasteiger partial charge in [0, 0.05) is 24.3 Å². The monoisotopic (exact) mass is 284 g/mol. The van der Waals surface area contributed by atoms with E-state index in [1.165, 1.54) is 24.9 Å². The molecular formula is C17H24N4. The third kappa shape index (κ3) is 2.94. The molecule has 1 saturated carbocycles. The number of aryl methyl sites for hydroxylation is 1. The first-order valence-electron chi connectivity index (χ1n) is 7.86. The fourth-order valence-corrected chi connectivity index (χ4v) is 3.42. The molecule has 1 N–H and O–H groups in total. The van der Waals surface area contributed by atoms with Crippen LogP contribution in [-0.4, -0.2) is 20.8 Å². The molecule has 0 saturated heterocycles. The summed E-state index contributed by atoms with van der Waals surface area (Å²) in [4.78, 5) is 0. The fourth-order valence-electron chi connectivity index (χ4n) is 3.42. The Kier molecular flexibility index (Phi) is 3.95. The van der Waals surface area contributed by atoms with Gasteiger partial charge in [0.15, 0.2) is 5.82 Å². The van der Waals surface area contributed by atoms with Crippen LogP contribution in [0.25, 0.3) is 11.4 Å². The summed E-state index contributed by atoms with van der Waals surface area (Å²) in [6, 6.07) is 9.12. The third-order valence-corrected chi connectivity index (χ3v) is 4.73. The van der Waals surface area contributed by atoms with Crippen LogP contribution in [0.3, 0.4) is 0 Å². The molecule has 1 heterocycles. The standard InChI is InChI=1S/C17H24N4/c1-12-5-4-6-13(2)16(12)19-15-9-7-14(8-10-15)17-20-18-11-21(17)3/h7-13,16,19H,4-6H2,1-3H3. The van der Waals surface area contributed by atoms with E-state index in [0.29, 0.717) is 6.04 Å². The molecule has 3 rings (SSSR count). The minimum absolute atomic E-state index is 0.583. The molecule has 4 heteroatoms. The van der Waals surface area contributed by atoms with Gasteiger partial charge in [-0.15, -0.1) is 10.2 Å². The van der Waals surface area contributed by atoms with Gasteiger partial charge >= 0.3 is 0 Å². The molecule has 1 aliphatic rings. The van der Waals surface area contributed by atoms with E-state index in [2.05, 4.69) is 53.6 Å². The van der Waals surface area contributed by atoms with E-state index in [0.717, 1.165) is 23.2 Å². The maximum atomic E-state index is 4.15. The van der Waals surface area contributed by atoms with Gasteiger partial charge in [-0.25, -0.2) is 0 Å². The lowest BCUT2D eigenvalue weighted by molar-refractivity contribution is 0.268. The van der Waals surface area contributed by atoms with Gasteiger partial charge in [-0.2, -0.15) is 0 Å². The molecular weight excluding hydrogens is 260 g/mol. The van der Waals surface area contributed by atoms with Crippen molar-refractivity contribution >= 4 is 5.69 Å². The number of aromatic nitrogens is 3. The van der Waals surface area contributed by atoms with Gasteiger partial charge in [0.2, 0.25) is 0 Å². The molecule has 4 nitrogen and oxygen atoms in total. The van der Waals surface area contributed by atoms with Crippen molar-refractivity contribution in [1.29, 1.82) is 0 Å². The summed E-state index contributed by atoms with van der Waals surface area (Å²) < 4.78 is 1.94. The maximum Gasteiger partial charge on any atom is 0.163 e. The summed E-state index contributed by atoms with van der Waals surface area (Å²) >= 11 is 0. The van der Waals surface area contributed by atoms with Gasteiger partial charge in [-0.05, 0) is 48.9 Å². The number of hydrogen-bond donors (Lipinski definition) is 1. The molecule has 2 atom stereocenters. The number of anilines is 1. The zero-order valence-corrected chi connectivity index (χ0v) is 13.1. The van der Waals surface area contributed by atoms with Crippen molar-refractivity contribution in [3.8, 4) is 11.4 Å². The van der Waals surface area contributed by atoms with Crippen LogP contribution in [0.1, 0.15) is 33.1 Å². The SMILES string of the molecule is CC1CCCC(C)C1Nc1ccc(-c2nncn2C)cc1. The highest BCUT2D eigenvalue weighted by Crippen LogP contribution is 2.31. The van der Waals surface area contributed by atoms with Crippen LogP contribution in [0.4, 0.5) is 5.69 Å². The van der Waals surface area contributed by atoms with E-state index in [4.69, 9.17) is 0 Å². The number of rotatable bonds is 3. The Morgan fingerprint density at radius 3 is 2.33 bits per heavy atom. The minimum Gasteiger partial charge on any atom is -0.382 e. The van der Waals surface area contributed by atoms with E-state index >= 15 is 0 Å². The van der Waals surface area contributed by atoms with Crippen molar-refractivity contribution < 1.29 is 0 Å². The first-order valence-corrected chi connectivity index (χ1v) is 7.86. The van der Waals surface area contributed by atoms with E-state index in [-0.39, 0.29) is 0 Å². The summed E-state index contributed by atoms with van der Waals surface area (Å²) in [5, 5.41) is 11.8. The number of nitrogens with one attached hydrogen (secondary N) is 1. The van der Waals surface area contributed by atoms with Gasteiger partial charge in [-0.1, -0.05) is 20.3 Å². The quantitative estimate of drug-likeness (QED) is 0.934. The van der Waals surface area contributed by atoms with Crippen LogP contribution < -0.4 is 5.32 Å². The second-order valence-corrected chi connectivity index (χ2v) is 6.40.